The second kappa shape index (κ2) is 9.64. The predicted molar refractivity (Wildman–Crippen MR) is 128 cm³/mol. The van der Waals surface area contributed by atoms with Gasteiger partial charge in [0.1, 0.15) is 22.1 Å². The molecule has 0 amide bonds. The molecule has 3 heterocycles. The first-order valence-electron chi connectivity index (χ1n) is 9.64. The second-order valence-corrected chi connectivity index (χ2v) is 8.83. The minimum Gasteiger partial charge on any atom is -0.487 e. The Kier molecular flexibility index (Phi) is 6.69. The number of rotatable bonds is 7. The number of carbonyl (C=O) groups excluding carboxylic acids is 1. The highest BCUT2D eigenvalue weighted by Crippen LogP contribution is 2.29. The third-order valence-corrected chi connectivity index (χ3v) is 6.62. The van der Waals surface area contributed by atoms with Crippen molar-refractivity contribution in [2.75, 3.05) is 6.61 Å². The fraction of sp³-hybridized carbons (Fsp3) is 0.182. The van der Waals surface area contributed by atoms with Crippen LogP contribution in [0, 0.1) is 6.92 Å². The monoisotopic (exact) mass is 487 g/mol. The van der Waals surface area contributed by atoms with Crippen LogP contribution in [0.15, 0.2) is 40.0 Å². The van der Waals surface area contributed by atoms with E-state index in [0.29, 0.717) is 33.0 Å². The Labute approximate surface area is 196 Å². The molecule has 0 fully saturated rings. The van der Waals surface area contributed by atoms with Gasteiger partial charge in [-0.25, -0.2) is 14.8 Å². The molecule has 0 unspecified atom stereocenters. The summed E-state index contributed by atoms with van der Waals surface area (Å²) in [5, 5.41) is 2.57. The molecule has 164 valence electrons. The molecule has 3 aromatic heterocycles. The van der Waals surface area contributed by atoms with Crippen LogP contribution in [0.5, 0.6) is 5.75 Å². The molecule has 4 aromatic rings. The summed E-state index contributed by atoms with van der Waals surface area (Å²) in [7, 11) is 0. The van der Waals surface area contributed by atoms with Gasteiger partial charge in [-0.05, 0) is 43.2 Å². The molecule has 0 saturated heterocycles. The third kappa shape index (κ3) is 4.74. The van der Waals surface area contributed by atoms with Crippen LogP contribution in [-0.4, -0.2) is 27.5 Å². The van der Waals surface area contributed by atoms with Gasteiger partial charge in [-0.1, -0.05) is 23.7 Å². The Morgan fingerprint density at radius 2 is 2.06 bits per heavy atom. The molecule has 0 aliphatic rings. The molecule has 0 aliphatic heterocycles. The Bertz CT molecular complexity index is 1340. The van der Waals surface area contributed by atoms with E-state index in [2.05, 4.69) is 15.0 Å². The van der Waals surface area contributed by atoms with Crippen LogP contribution in [0.3, 0.4) is 0 Å². The zero-order valence-corrected chi connectivity index (χ0v) is 19.6. The molecule has 1 N–H and O–H groups in total. The van der Waals surface area contributed by atoms with E-state index in [1.54, 1.807) is 25.4 Å². The number of aromatic nitrogens is 3. The van der Waals surface area contributed by atoms with Crippen molar-refractivity contribution in [3.8, 4) is 5.75 Å². The van der Waals surface area contributed by atoms with Crippen LogP contribution in [0.4, 0.5) is 0 Å². The van der Waals surface area contributed by atoms with E-state index in [4.69, 9.17) is 21.1 Å². The fourth-order valence-corrected chi connectivity index (χ4v) is 4.82. The van der Waals surface area contributed by atoms with Crippen molar-refractivity contribution in [1.29, 1.82) is 0 Å². The maximum absolute atomic E-state index is 12.6. The summed E-state index contributed by atoms with van der Waals surface area (Å²) in [6, 6.07) is 7.36. The maximum Gasteiger partial charge on any atom is 0.348 e. The van der Waals surface area contributed by atoms with Gasteiger partial charge in [0.15, 0.2) is 5.82 Å². The van der Waals surface area contributed by atoms with Crippen LogP contribution >= 0.6 is 34.3 Å². The summed E-state index contributed by atoms with van der Waals surface area (Å²) in [6.45, 7) is 4.09. The van der Waals surface area contributed by atoms with Gasteiger partial charge in [-0.15, -0.1) is 22.7 Å². The molecule has 10 heteroatoms. The number of nitrogens with zero attached hydrogens (tertiary/aromatic N) is 2. The molecule has 0 spiro atoms. The van der Waals surface area contributed by atoms with E-state index in [1.165, 1.54) is 11.3 Å². The van der Waals surface area contributed by atoms with Crippen molar-refractivity contribution >= 4 is 61.6 Å². The van der Waals surface area contributed by atoms with Gasteiger partial charge in [0.25, 0.3) is 5.56 Å². The molecule has 1 aromatic carbocycles. The number of thiophene rings is 1. The number of aromatic amines is 1. The number of H-pyrrole nitrogens is 1. The average Bonchev–Trinajstić information content (AvgIpc) is 3.41. The van der Waals surface area contributed by atoms with Crippen molar-refractivity contribution in [2.24, 2.45) is 0 Å². The molecule has 7 nitrogen and oxygen atoms in total. The highest BCUT2D eigenvalue weighted by atomic mass is 35.5. The van der Waals surface area contributed by atoms with Gasteiger partial charge >= 0.3 is 5.97 Å². The Hall–Kier alpha value is -3.01. The first-order chi connectivity index (χ1) is 15.5. The number of halogens is 1. The third-order valence-electron chi connectivity index (χ3n) is 4.53. The quantitative estimate of drug-likeness (QED) is 0.358. The predicted octanol–water partition coefficient (Wildman–Crippen LogP) is 5.24. The number of thiazole rings is 1. The van der Waals surface area contributed by atoms with E-state index in [-0.39, 0.29) is 23.0 Å². The maximum atomic E-state index is 12.6. The number of ether oxygens (including phenoxy) is 2. The lowest BCUT2D eigenvalue weighted by Crippen LogP contribution is -2.10. The van der Waals surface area contributed by atoms with Crippen LogP contribution < -0.4 is 10.3 Å². The summed E-state index contributed by atoms with van der Waals surface area (Å²) in [5.74, 6) is 0.470. The van der Waals surface area contributed by atoms with Crippen LogP contribution in [-0.2, 0) is 11.3 Å². The van der Waals surface area contributed by atoms with Gasteiger partial charge < -0.3 is 14.5 Å². The molecule has 0 atom stereocenters. The standard InChI is InChI=1S/C22H18ClN3O4S2/c1-3-29-22(28)18-12(2)17-20(27)25-19(26-21(17)32-18)16(23)8-13-4-6-15(7-5-13)30-9-14-10-31-11-24-14/h4-8,10-11H,3,9H2,1-2H3,(H,25,26,27)/b16-8-. The zero-order valence-electron chi connectivity index (χ0n) is 17.2. The number of nitrogens with one attached hydrogen (secondary N) is 1. The lowest BCUT2D eigenvalue weighted by molar-refractivity contribution is 0.0531. The summed E-state index contributed by atoms with van der Waals surface area (Å²) < 4.78 is 10.8. The van der Waals surface area contributed by atoms with Gasteiger partial charge in [0.2, 0.25) is 0 Å². The summed E-state index contributed by atoms with van der Waals surface area (Å²) in [6.07, 6.45) is 1.70. The molecule has 0 aliphatic carbocycles. The summed E-state index contributed by atoms with van der Waals surface area (Å²) >= 11 is 9.08. The minimum atomic E-state index is -0.465. The van der Waals surface area contributed by atoms with Crippen LogP contribution in [0.2, 0.25) is 0 Å². The molecular weight excluding hydrogens is 470 g/mol. The van der Waals surface area contributed by atoms with Crippen molar-refractivity contribution in [3.05, 3.63) is 73.0 Å². The fourth-order valence-electron chi connectivity index (χ4n) is 2.99. The zero-order chi connectivity index (χ0) is 22.7. The van der Waals surface area contributed by atoms with Crippen molar-refractivity contribution in [2.45, 2.75) is 20.5 Å². The summed E-state index contributed by atoms with van der Waals surface area (Å²) in [5.41, 5.74) is 3.65. The van der Waals surface area contributed by atoms with E-state index >= 15 is 0 Å². The van der Waals surface area contributed by atoms with Crippen molar-refractivity contribution in [3.63, 3.8) is 0 Å². The lowest BCUT2D eigenvalue weighted by atomic mass is 10.2. The largest absolute Gasteiger partial charge is 0.487 e. The van der Waals surface area contributed by atoms with Crippen LogP contribution in [0.1, 0.15) is 39.2 Å². The number of benzene rings is 1. The van der Waals surface area contributed by atoms with Gasteiger partial charge in [-0.2, -0.15) is 0 Å². The second-order valence-electron chi connectivity index (χ2n) is 6.70. The molecule has 0 bridgehead atoms. The van der Waals surface area contributed by atoms with Crippen molar-refractivity contribution < 1.29 is 14.3 Å². The lowest BCUT2D eigenvalue weighted by Gasteiger charge is -2.05. The number of esters is 1. The highest BCUT2D eigenvalue weighted by molar-refractivity contribution is 7.20. The number of aryl methyl sites for hydroxylation is 1. The minimum absolute atomic E-state index is 0.227. The average molecular weight is 488 g/mol. The molecule has 4 rings (SSSR count). The molecule has 32 heavy (non-hydrogen) atoms. The normalized spacial score (nSPS) is 11.7. The van der Waals surface area contributed by atoms with Gasteiger partial charge in [-0.3, -0.25) is 4.79 Å². The first-order valence-corrected chi connectivity index (χ1v) is 11.8. The van der Waals surface area contributed by atoms with E-state index in [0.717, 1.165) is 22.6 Å². The first kappa shape index (κ1) is 22.2. The number of hydrogen-bond donors (Lipinski definition) is 1. The van der Waals surface area contributed by atoms with Crippen molar-refractivity contribution in [1.82, 2.24) is 15.0 Å². The molecule has 0 radical (unpaired) electrons. The smallest absolute Gasteiger partial charge is 0.348 e. The molecular formula is C22H18ClN3O4S2. The SMILES string of the molecule is CCOC(=O)c1sc2nc(/C(Cl)=C/c3ccc(OCc4cscn4)cc3)[nH]c(=O)c2c1C. The Morgan fingerprint density at radius 1 is 1.28 bits per heavy atom. The van der Waals surface area contributed by atoms with Crippen LogP contribution in [0.25, 0.3) is 21.3 Å². The topological polar surface area (TPSA) is 94.2 Å². The number of carbonyl (C=O) groups is 1. The van der Waals surface area contributed by atoms with E-state index in [9.17, 15) is 9.59 Å². The Balaban J connectivity index is 1.56. The molecule has 0 saturated carbocycles. The highest BCUT2D eigenvalue weighted by Gasteiger charge is 2.20. The summed E-state index contributed by atoms with van der Waals surface area (Å²) in [4.78, 5) is 36.9. The Morgan fingerprint density at radius 3 is 2.75 bits per heavy atom. The number of fused-ring (bicyclic) bond motifs is 1. The van der Waals surface area contributed by atoms with Gasteiger partial charge in [0.05, 0.1) is 28.2 Å². The van der Waals surface area contributed by atoms with E-state index < -0.39 is 5.97 Å². The van der Waals surface area contributed by atoms with Gasteiger partial charge in [0, 0.05) is 5.38 Å². The van der Waals surface area contributed by atoms with E-state index in [1.807, 2.05) is 29.6 Å². The number of hydrogen-bond acceptors (Lipinski definition) is 8.